The van der Waals surface area contributed by atoms with Gasteiger partial charge in [0, 0.05) is 18.2 Å². The van der Waals surface area contributed by atoms with Crippen LogP contribution in [0.5, 0.6) is 5.75 Å². The number of piperidine rings is 1. The number of methoxy groups -OCH3 is 1. The monoisotopic (exact) mass is 269 g/mol. The van der Waals surface area contributed by atoms with E-state index in [-0.39, 0.29) is 0 Å². The number of likely N-dealkylation sites (tertiary alicyclic amines) is 1. The molecule has 1 saturated heterocycles. The number of halogens is 1. The third kappa shape index (κ3) is 3.37. The molecule has 0 aromatic heterocycles. The highest BCUT2D eigenvalue weighted by Gasteiger charge is 2.19. The first-order chi connectivity index (χ1) is 8.72. The zero-order chi connectivity index (χ0) is 13.0. The average molecular weight is 270 g/mol. The molecule has 1 aliphatic rings. The van der Waals surface area contributed by atoms with Gasteiger partial charge in [-0.2, -0.15) is 0 Å². The molecule has 0 spiro atoms. The van der Waals surface area contributed by atoms with Crippen LogP contribution in [0.3, 0.4) is 0 Å². The van der Waals surface area contributed by atoms with E-state index in [4.69, 9.17) is 21.4 Å². The number of aliphatic hydroxyl groups excluding tert-OH is 1. The Morgan fingerprint density at radius 1 is 1.39 bits per heavy atom. The van der Waals surface area contributed by atoms with E-state index < -0.39 is 0 Å². The van der Waals surface area contributed by atoms with Gasteiger partial charge in [-0.25, -0.2) is 0 Å². The molecule has 2 rings (SSSR count). The molecule has 0 unspecified atom stereocenters. The van der Waals surface area contributed by atoms with E-state index in [1.807, 2.05) is 18.2 Å². The minimum absolute atomic E-state index is 0.317. The van der Waals surface area contributed by atoms with Crippen LogP contribution < -0.4 is 4.74 Å². The molecule has 0 atom stereocenters. The molecule has 18 heavy (non-hydrogen) atoms. The van der Waals surface area contributed by atoms with Crippen LogP contribution in [0.1, 0.15) is 18.4 Å². The van der Waals surface area contributed by atoms with Crippen LogP contribution in [0.25, 0.3) is 0 Å². The lowest BCUT2D eigenvalue weighted by molar-refractivity contribution is 0.127. The molecule has 0 radical (unpaired) electrons. The highest BCUT2D eigenvalue weighted by Crippen LogP contribution is 2.25. The maximum absolute atomic E-state index is 9.12. The number of ether oxygens (including phenoxy) is 1. The van der Waals surface area contributed by atoms with Gasteiger partial charge in [0.15, 0.2) is 0 Å². The van der Waals surface area contributed by atoms with Crippen molar-refractivity contribution in [2.75, 3.05) is 26.8 Å². The number of aliphatic hydroxyl groups is 1. The predicted octanol–water partition coefficient (Wildman–Crippen LogP) is 2.55. The Morgan fingerprint density at radius 2 is 2.11 bits per heavy atom. The summed E-state index contributed by atoms with van der Waals surface area (Å²) >= 11 is 6.24. The van der Waals surface area contributed by atoms with Gasteiger partial charge >= 0.3 is 0 Å². The Bertz CT molecular complexity index is 389. The van der Waals surface area contributed by atoms with Crippen LogP contribution in [0, 0.1) is 5.92 Å². The van der Waals surface area contributed by atoms with Crippen molar-refractivity contribution in [2.45, 2.75) is 19.4 Å². The van der Waals surface area contributed by atoms with E-state index in [0.717, 1.165) is 48.8 Å². The van der Waals surface area contributed by atoms with Crippen LogP contribution in [0.2, 0.25) is 5.02 Å². The van der Waals surface area contributed by atoms with Gasteiger partial charge in [0.05, 0.1) is 7.11 Å². The van der Waals surface area contributed by atoms with Crippen LogP contribution in [-0.2, 0) is 6.54 Å². The molecular formula is C14H20ClNO2. The molecule has 4 heteroatoms. The van der Waals surface area contributed by atoms with Crippen molar-refractivity contribution in [1.82, 2.24) is 4.90 Å². The SMILES string of the molecule is COc1ccc(CN2CCC(CO)CC2)c(Cl)c1. The quantitative estimate of drug-likeness (QED) is 0.912. The van der Waals surface area contributed by atoms with Crippen molar-refractivity contribution >= 4 is 11.6 Å². The molecule has 1 fully saturated rings. The zero-order valence-corrected chi connectivity index (χ0v) is 11.5. The minimum atomic E-state index is 0.317. The van der Waals surface area contributed by atoms with Crippen molar-refractivity contribution in [1.29, 1.82) is 0 Å². The van der Waals surface area contributed by atoms with Gasteiger partial charge in [-0.15, -0.1) is 0 Å². The molecule has 1 aromatic carbocycles. The van der Waals surface area contributed by atoms with Crippen molar-refractivity contribution < 1.29 is 9.84 Å². The van der Waals surface area contributed by atoms with Crippen molar-refractivity contribution in [3.63, 3.8) is 0 Å². The first-order valence-corrected chi connectivity index (χ1v) is 6.76. The van der Waals surface area contributed by atoms with Crippen molar-refractivity contribution in [3.05, 3.63) is 28.8 Å². The lowest BCUT2D eigenvalue weighted by atomic mass is 9.97. The van der Waals surface area contributed by atoms with E-state index in [2.05, 4.69) is 4.90 Å². The number of hydrogen-bond donors (Lipinski definition) is 1. The first-order valence-electron chi connectivity index (χ1n) is 6.38. The van der Waals surface area contributed by atoms with Gasteiger partial charge in [-0.1, -0.05) is 17.7 Å². The van der Waals surface area contributed by atoms with E-state index in [1.54, 1.807) is 7.11 Å². The number of benzene rings is 1. The highest BCUT2D eigenvalue weighted by atomic mass is 35.5. The maximum atomic E-state index is 9.12. The van der Waals surface area contributed by atoms with Gasteiger partial charge < -0.3 is 9.84 Å². The van der Waals surface area contributed by atoms with E-state index in [0.29, 0.717) is 12.5 Å². The standard InChI is InChI=1S/C14H20ClNO2/c1-18-13-3-2-12(14(15)8-13)9-16-6-4-11(10-17)5-7-16/h2-3,8,11,17H,4-7,9-10H2,1H3. The minimum Gasteiger partial charge on any atom is -0.497 e. The Kier molecular flexibility index (Phi) is 4.87. The van der Waals surface area contributed by atoms with Gasteiger partial charge in [-0.3, -0.25) is 4.90 Å². The molecule has 3 nitrogen and oxygen atoms in total. The van der Waals surface area contributed by atoms with E-state index >= 15 is 0 Å². The Morgan fingerprint density at radius 3 is 2.67 bits per heavy atom. The summed E-state index contributed by atoms with van der Waals surface area (Å²) in [6.45, 7) is 3.26. The number of rotatable bonds is 4. The zero-order valence-electron chi connectivity index (χ0n) is 10.7. The summed E-state index contributed by atoms with van der Waals surface area (Å²) in [5, 5.41) is 9.88. The summed E-state index contributed by atoms with van der Waals surface area (Å²) in [6.07, 6.45) is 2.15. The van der Waals surface area contributed by atoms with Gasteiger partial charge in [-0.05, 0) is 49.5 Å². The fourth-order valence-electron chi connectivity index (χ4n) is 2.35. The largest absolute Gasteiger partial charge is 0.497 e. The van der Waals surface area contributed by atoms with E-state index in [9.17, 15) is 0 Å². The van der Waals surface area contributed by atoms with Gasteiger partial charge in [0.2, 0.25) is 0 Å². The third-order valence-electron chi connectivity index (χ3n) is 3.62. The normalized spacial score (nSPS) is 17.9. The Labute approximate surface area is 113 Å². The molecule has 1 heterocycles. The summed E-state index contributed by atoms with van der Waals surface area (Å²) in [5.74, 6) is 1.27. The van der Waals surface area contributed by atoms with E-state index in [1.165, 1.54) is 0 Å². The van der Waals surface area contributed by atoms with Crippen LogP contribution in [0.15, 0.2) is 18.2 Å². The summed E-state index contributed by atoms with van der Waals surface area (Å²) < 4.78 is 5.14. The van der Waals surface area contributed by atoms with Crippen LogP contribution in [0.4, 0.5) is 0 Å². The lowest BCUT2D eigenvalue weighted by Gasteiger charge is -2.31. The predicted molar refractivity (Wildman–Crippen MR) is 73.1 cm³/mol. The fourth-order valence-corrected chi connectivity index (χ4v) is 2.58. The van der Waals surface area contributed by atoms with Gasteiger partial charge in [0.25, 0.3) is 0 Å². The molecule has 1 aromatic rings. The molecule has 100 valence electrons. The number of hydrogen-bond acceptors (Lipinski definition) is 3. The molecular weight excluding hydrogens is 250 g/mol. The molecule has 1 N–H and O–H groups in total. The van der Waals surface area contributed by atoms with Crippen molar-refractivity contribution in [2.24, 2.45) is 5.92 Å². The molecule has 0 amide bonds. The summed E-state index contributed by atoms with van der Waals surface area (Å²) in [4.78, 5) is 2.39. The number of nitrogens with zero attached hydrogens (tertiary/aromatic N) is 1. The Balaban J connectivity index is 1.94. The molecule has 0 aliphatic carbocycles. The second kappa shape index (κ2) is 6.41. The molecule has 0 bridgehead atoms. The van der Waals surface area contributed by atoms with Crippen LogP contribution >= 0.6 is 11.6 Å². The summed E-state index contributed by atoms with van der Waals surface area (Å²) in [7, 11) is 1.64. The smallest absolute Gasteiger partial charge is 0.120 e. The summed E-state index contributed by atoms with van der Waals surface area (Å²) in [5.41, 5.74) is 1.14. The Hall–Kier alpha value is -0.770. The second-order valence-electron chi connectivity index (χ2n) is 4.86. The lowest BCUT2D eigenvalue weighted by Crippen LogP contribution is -2.34. The topological polar surface area (TPSA) is 32.7 Å². The molecule has 1 aliphatic heterocycles. The summed E-state index contributed by atoms with van der Waals surface area (Å²) in [6, 6.07) is 5.83. The van der Waals surface area contributed by atoms with Gasteiger partial charge in [0.1, 0.15) is 5.75 Å². The maximum Gasteiger partial charge on any atom is 0.120 e. The average Bonchev–Trinajstić information content (AvgIpc) is 2.42. The second-order valence-corrected chi connectivity index (χ2v) is 5.27. The van der Waals surface area contributed by atoms with Crippen LogP contribution in [-0.4, -0.2) is 36.8 Å². The highest BCUT2D eigenvalue weighted by molar-refractivity contribution is 6.31. The first kappa shape index (κ1) is 13.7. The van der Waals surface area contributed by atoms with Crippen molar-refractivity contribution in [3.8, 4) is 5.75 Å². The third-order valence-corrected chi connectivity index (χ3v) is 3.97. The fraction of sp³-hybridized carbons (Fsp3) is 0.571. The molecule has 0 saturated carbocycles.